The SMILES string of the molecule is Cn1c(=O)oc2ccc(-c3ccc(C[C@@H](C#N)NC(=O)[C@H]4CCCCCNC4)cc3)cc21. The van der Waals surface area contributed by atoms with E-state index in [0.29, 0.717) is 18.5 Å². The van der Waals surface area contributed by atoms with E-state index in [9.17, 15) is 14.9 Å². The number of nitrogens with zero attached hydrogens (tertiary/aromatic N) is 2. The zero-order valence-electron chi connectivity index (χ0n) is 18.3. The summed E-state index contributed by atoms with van der Waals surface area (Å²) in [7, 11) is 1.68. The first-order valence-electron chi connectivity index (χ1n) is 11.1. The van der Waals surface area contributed by atoms with Crippen LogP contribution in [-0.4, -0.2) is 29.6 Å². The van der Waals surface area contributed by atoms with Gasteiger partial charge in [0.25, 0.3) is 0 Å². The minimum absolute atomic E-state index is 0.0402. The molecule has 1 fully saturated rings. The summed E-state index contributed by atoms with van der Waals surface area (Å²) in [5, 5.41) is 15.8. The second-order valence-electron chi connectivity index (χ2n) is 8.45. The molecule has 7 heteroatoms. The van der Waals surface area contributed by atoms with E-state index >= 15 is 0 Å². The van der Waals surface area contributed by atoms with E-state index in [1.165, 1.54) is 4.57 Å². The van der Waals surface area contributed by atoms with Gasteiger partial charge in [-0.3, -0.25) is 9.36 Å². The third kappa shape index (κ3) is 4.92. The van der Waals surface area contributed by atoms with Crippen molar-refractivity contribution in [2.24, 2.45) is 13.0 Å². The lowest BCUT2D eigenvalue weighted by atomic mass is 9.97. The highest BCUT2D eigenvalue weighted by Gasteiger charge is 2.22. The Morgan fingerprint density at radius 1 is 1.22 bits per heavy atom. The zero-order chi connectivity index (χ0) is 22.5. The Morgan fingerprint density at radius 3 is 2.78 bits per heavy atom. The van der Waals surface area contributed by atoms with Gasteiger partial charge in [-0.05, 0) is 48.2 Å². The summed E-state index contributed by atoms with van der Waals surface area (Å²) in [6, 6.07) is 15.2. The number of nitriles is 1. The maximum Gasteiger partial charge on any atom is 0.419 e. The molecule has 1 aromatic heterocycles. The number of hydrogen-bond acceptors (Lipinski definition) is 5. The van der Waals surface area contributed by atoms with Gasteiger partial charge in [0.1, 0.15) is 6.04 Å². The summed E-state index contributed by atoms with van der Waals surface area (Å²) in [5.74, 6) is -0.504. The molecule has 7 nitrogen and oxygen atoms in total. The first-order valence-corrected chi connectivity index (χ1v) is 11.1. The Bertz CT molecular complexity index is 1180. The van der Waals surface area contributed by atoms with Gasteiger partial charge in [-0.25, -0.2) is 4.79 Å². The molecule has 0 radical (unpaired) electrons. The van der Waals surface area contributed by atoms with Gasteiger partial charge in [0, 0.05) is 20.0 Å². The number of aryl methyl sites for hydroxylation is 1. The number of benzene rings is 2. The molecule has 2 atom stereocenters. The van der Waals surface area contributed by atoms with E-state index < -0.39 is 6.04 Å². The summed E-state index contributed by atoms with van der Waals surface area (Å²) in [4.78, 5) is 24.4. The van der Waals surface area contributed by atoms with Crippen LogP contribution in [0.3, 0.4) is 0 Å². The number of aromatic nitrogens is 1. The molecule has 2 heterocycles. The number of carbonyl (C=O) groups excluding carboxylic acids is 1. The minimum Gasteiger partial charge on any atom is -0.408 e. The number of oxazole rings is 1. The average molecular weight is 433 g/mol. The van der Waals surface area contributed by atoms with Crippen molar-refractivity contribution in [2.75, 3.05) is 13.1 Å². The number of rotatable bonds is 5. The fourth-order valence-corrected chi connectivity index (χ4v) is 4.21. The third-order valence-electron chi connectivity index (χ3n) is 6.16. The number of hydrogen-bond donors (Lipinski definition) is 2. The number of nitrogens with one attached hydrogen (secondary N) is 2. The lowest BCUT2D eigenvalue weighted by Crippen LogP contribution is -2.43. The molecule has 4 rings (SSSR count). The Hall–Kier alpha value is -3.37. The van der Waals surface area contributed by atoms with Crippen molar-refractivity contribution in [2.45, 2.75) is 38.1 Å². The molecule has 0 unspecified atom stereocenters. The molecule has 0 bridgehead atoms. The standard InChI is InChI=1S/C25H28N4O3/c1-29-22-14-19(10-11-23(22)32-25(29)31)18-8-6-17(7-9-18)13-21(15-26)28-24(30)20-5-3-2-4-12-27-16-20/h6-11,14,20-21,27H,2-5,12-13,16H2,1H3,(H,28,30)/t20-,21-/m0/s1. The molecule has 1 aliphatic rings. The van der Waals surface area contributed by atoms with Crippen LogP contribution in [-0.2, 0) is 18.3 Å². The van der Waals surface area contributed by atoms with E-state index in [2.05, 4.69) is 16.7 Å². The molecule has 0 saturated carbocycles. The van der Waals surface area contributed by atoms with Crippen LogP contribution in [0.25, 0.3) is 22.2 Å². The van der Waals surface area contributed by atoms with Crippen LogP contribution in [0.15, 0.2) is 51.7 Å². The molecule has 166 valence electrons. The highest BCUT2D eigenvalue weighted by atomic mass is 16.4. The summed E-state index contributed by atoms with van der Waals surface area (Å²) in [6.07, 6.45) is 4.65. The monoisotopic (exact) mass is 432 g/mol. The summed E-state index contributed by atoms with van der Waals surface area (Å²) >= 11 is 0. The molecule has 3 aromatic rings. The van der Waals surface area contributed by atoms with Crippen molar-refractivity contribution in [1.29, 1.82) is 5.26 Å². The fourth-order valence-electron chi connectivity index (χ4n) is 4.21. The Kier molecular flexibility index (Phi) is 6.72. The topological polar surface area (TPSA) is 100 Å². The normalized spacial score (nSPS) is 17.8. The quantitative estimate of drug-likeness (QED) is 0.645. The Labute approximate surface area is 187 Å². The Morgan fingerprint density at radius 2 is 2.00 bits per heavy atom. The van der Waals surface area contributed by atoms with Crippen LogP contribution in [0, 0.1) is 17.2 Å². The van der Waals surface area contributed by atoms with Gasteiger partial charge in [0.05, 0.1) is 17.5 Å². The van der Waals surface area contributed by atoms with Gasteiger partial charge in [-0.15, -0.1) is 0 Å². The van der Waals surface area contributed by atoms with Crippen molar-refractivity contribution in [3.8, 4) is 17.2 Å². The van der Waals surface area contributed by atoms with Crippen LogP contribution in [0.1, 0.15) is 31.2 Å². The predicted molar refractivity (Wildman–Crippen MR) is 123 cm³/mol. The lowest BCUT2D eigenvalue weighted by Gasteiger charge is -2.21. The largest absolute Gasteiger partial charge is 0.419 e. The van der Waals surface area contributed by atoms with Gasteiger partial charge >= 0.3 is 5.76 Å². The van der Waals surface area contributed by atoms with Gasteiger partial charge in [-0.1, -0.05) is 43.2 Å². The average Bonchev–Trinajstić information content (AvgIpc) is 3.06. The summed E-state index contributed by atoms with van der Waals surface area (Å²) in [6.45, 7) is 1.62. The zero-order valence-corrected chi connectivity index (χ0v) is 18.3. The van der Waals surface area contributed by atoms with Crippen molar-refractivity contribution in [3.63, 3.8) is 0 Å². The number of carbonyl (C=O) groups is 1. The molecular formula is C25H28N4O3. The fraction of sp³-hybridized carbons (Fsp3) is 0.400. The second-order valence-corrected chi connectivity index (χ2v) is 8.45. The van der Waals surface area contributed by atoms with E-state index in [0.717, 1.165) is 54.4 Å². The van der Waals surface area contributed by atoms with E-state index in [1.54, 1.807) is 13.1 Å². The molecule has 1 saturated heterocycles. The molecule has 0 spiro atoms. The number of fused-ring (bicyclic) bond motifs is 1. The molecule has 1 amide bonds. The third-order valence-corrected chi connectivity index (χ3v) is 6.16. The van der Waals surface area contributed by atoms with Crippen LogP contribution in [0.2, 0.25) is 0 Å². The summed E-state index contributed by atoms with van der Waals surface area (Å²) < 4.78 is 6.68. The number of amides is 1. The first-order chi connectivity index (χ1) is 15.5. The van der Waals surface area contributed by atoms with Gasteiger partial charge in [-0.2, -0.15) is 5.26 Å². The minimum atomic E-state index is -0.560. The van der Waals surface area contributed by atoms with Crippen LogP contribution < -0.4 is 16.4 Å². The maximum atomic E-state index is 12.7. The molecule has 32 heavy (non-hydrogen) atoms. The van der Waals surface area contributed by atoms with Gasteiger partial charge in [0.15, 0.2) is 5.58 Å². The second kappa shape index (κ2) is 9.84. The van der Waals surface area contributed by atoms with Gasteiger partial charge < -0.3 is 15.1 Å². The van der Waals surface area contributed by atoms with Crippen molar-refractivity contribution >= 4 is 17.0 Å². The molecule has 0 aliphatic carbocycles. The van der Waals surface area contributed by atoms with Crippen LogP contribution in [0.5, 0.6) is 0 Å². The summed E-state index contributed by atoms with van der Waals surface area (Å²) in [5.41, 5.74) is 4.26. The van der Waals surface area contributed by atoms with Crippen LogP contribution >= 0.6 is 0 Å². The van der Waals surface area contributed by atoms with Crippen molar-refractivity contribution < 1.29 is 9.21 Å². The van der Waals surface area contributed by atoms with E-state index in [-0.39, 0.29) is 17.6 Å². The predicted octanol–water partition coefficient (Wildman–Crippen LogP) is 3.13. The van der Waals surface area contributed by atoms with E-state index in [4.69, 9.17) is 4.42 Å². The Balaban J connectivity index is 1.42. The van der Waals surface area contributed by atoms with Crippen molar-refractivity contribution in [3.05, 3.63) is 58.6 Å². The molecule has 2 aromatic carbocycles. The van der Waals surface area contributed by atoms with Crippen LogP contribution in [0.4, 0.5) is 0 Å². The maximum absolute atomic E-state index is 12.7. The molecule has 1 aliphatic heterocycles. The molecule has 2 N–H and O–H groups in total. The van der Waals surface area contributed by atoms with Crippen molar-refractivity contribution in [1.82, 2.24) is 15.2 Å². The highest BCUT2D eigenvalue weighted by molar-refractivity contribution is 5.81. The first kappa shape index (κ1) is 21.8. The van der Waals surface area contributed by atoms with Gasteiger partial charge in [0.2, 0.25) is 5.91 Å². The van der Waals surface area contributed by atoms with E-state index in [1.807, 2.05) is 36.4 Å². The highest BCUT2D eigenvalue weighted by Crippen LogP contribution is 2.24. The lowest BCUT2D eigenvalue weighted by molar-refractivity contribution is -0.125. The smallest absolute Gasteiger partial charge is 0.408 e. The molecular weight excluding hydrogens is 404 g/mol.